The summed E-state index contributed by atoms with van der Waals surface area (Å²) >= 11 is 0. The number of carbonyl (C=O) groups excluding carboxylic acids is 3. The molecule has 0 aliphatic rings. The molecule has 0 saturated heterocycles. The molecule has 0 saturated carbocycles. The second-order valence-corrected chi connectivity index (χ2v) is 9.80. The number of rotatable bonds is 16. The lowest BCUT2D eigenvalue weighted by atomic mass is 10.0. The van der Waals surface area contributed by atoms with Gasteiger partial charge in [-0.1, -0.05) is 42.5 Å². The molecule has 14 nitrogen and oxygen atoms in total. The molecule has 0 spiro atoms. The Balaban J connectivity index is 2.27. The van der Waals surface area contributed by atoms with Crippen LogP contribution < -0.4 is 33.2 Å². The van der Waals surface area contributed by atoms with E-state index in [-0.39, 0.29) is 43.9 Å². The third-order valence-electron chi connectivity index (χ3n) is 6.31. The van der Waals surface area contributed by atoms with Gasteiger partial charge in [-0.2, -0.15) is 0 Å². The van der Waals surface area contributed by atoms with Gasteiger partial charge in [0.25, 0.3) is 0 Å². The summed E-state index contributed by atoms with van der Waals surface area (Å²) in [5, 5.41) is 36.6. The molecule has 0 aliphatic carbocycles. The van der Waals surface area contributed by atoms with E-state index in [9.17, 15) is 34.5 Å². The second kappa shape index (κ2) is 16.5. The van der Waals surface area contributed by atoms with Crippen molar-refractivity contribution >= 4 is 29.7 Å². The summed E-state index contributed by atoms with van der Waals surface area (Å²) < 4.78 is 0. The molecule has 2 rings (SSSR count). The number of aliphatic hydroxyl groups excluding tert-OH is 1. The summed E-state index contributed by atoms with van der Waals surface area (Å²) in [5.41, 5.74) is 17.7. The average molecular weight is 586 g/mol. The average Bonchev–Trinajstić information content (AvgIpc) is 2.94. The highest BCUT2D eigenvalue weighted by atomic mass is 16.4. The van der Waals surface area contributed by atoms with Crippen molar-refractivity contribution in [1.29, 1.82) is 0 Å². The molecule has 12 N–H and O–H groups in total. The lowest BCUT2D eigenvalue weighted by molar-refractivity contribution is -0.142. The van der Waals surface area contributed by atoms with Crippen molar-refractivity contribution in [3.63, 3.8) is 0 Å². The van der Waals surface area contributed by atoms with Crippen molar-refractivity contribution < 1.29 is 34.5 Å². The van der Waals surface area contributed by atoms with Crippen LogP contribution in [0.15, 0.2) is 59.6 Å². The molecule has 5 unspecified atom stereocenters. The minimum Gasteiger partial charge on any atom is -0.508 e. The summed E-state index contributed by atoms with van der Waals surface area (Å²) in [6.07, 6.45) is -0.892. The normalized spacial score (nSPS) is 14.4. The first-order valence-corrected chi connectivity index (χ1v) is 13.3. The number of amides is 3. The van der Waals surface area contributed by atoms with Gasteiger partial charge in [-0.15, -0.1) is 0 Å². The van der Waals surface area contributed by atoms with E-state index in [0.29, 0.717) is 11.1 Å². The monoisotopic (exact) mass is 585 g/mol. The van der Waals surface area contributed by atoms with Gasteiger partial charge in [0.05, 0.1) is 6.10 Å². The lowest BCUT2D eigenvalue weighted by Crippen LogP contribution is -2.58. The Labute approximate surface area is 243 Å². The molecule has 0 fully saturated rings. The van der Waals surface area contributed by atoms with Crippen LogP contribution in [-0.2, 0) is 32.0 Å². The number of carbonyl (C=O) groups is 4. The van der Waals surface area contributed by atoms with E-state index in [1.165, 1.54) is 31.2 Å². The Morgan fingerprint density at radius 3 is 1.90 bits per heavy atom. The number of hydrogen-bond donors (Lipinski definition) is 9. The number of guanidine groups is 1. The van der Waals surface area contributed by atoms with Crippen LogP contribution in [0.5, 0.6) is 5.75 Å². The zero-order valence-corrected chi connectivity index (χ0v) is 23.3. The van der Waals surface area contributed by atoms with Crippen LogP contribution in [0, 0.1) is 0 Å². The van der Waals surface area contributed by atoms with Crippen molar-refractivity contribution in [2.75, 3.05) is 6.54 Å². The van der Waals surface area contributed by atoms with Gasteiger partial charge in [0.1, 0.15) is 29.9 Å². The van der Waals surface area contributed by atoms with Crippen molar-refractivity contribution in [2.24, 2.45) is 22.2 Å². The van der Waals surface area contributed by atoms with Crippen LogP contribution in [0.25, 0.3) is 0 Å². The number of carboxylic acids is 1. The quantitative estimate of drug-likeness (QED) is 0.0624. The summed E-state index contributed by atoms with van der Waals surface area (Å²) in [5.74, 6) is -3.70. The van der Waals surface area contributed by atoms with Crippen LogP contribution in [0.4, 0.5) is 0 Å². The Kier molecular flexibility index (Phi) is 13.2. The van der Waals surface area contributed by atoms with Crippen molar-refractivity contribution in [2.45, 2.75) is 62.9 Å². The maximum atomic E-state index is 13.4. The summed E-state index contributed by atoms with van der Waals surface area (Å²) in [6.45, 7) is 1.49. The van der Waals surface area contributed by atoms with Crippen molar-refractivity contribution in [3.8, 4) is 5.75 Å². The summed E-state index contributed by atoms with van der Waals surface area (Å²) in [7, 11) is 0. The maximum Gasteiger partial charge on any atom is 0.326 e. The third kappa shape index (κ3) is 11.4. The number of hydrogen-bond acceptors (Lipinski definition) is 8. The number of carboxylic acid groups (broad SMARTS) is 1. The molecule has 42 heavy (non-hydrogen) atoms. The molecule has 5 atom stereocenters. The van der Waals surface area contributed by atoms with E-state index in [2.05, 4.69) is 20.9 Å². The van der Waals surface area contributed by atoms with Crippen LogP contribution >= 0.6 is 0 Å². The van der Waals surface area contributed by atoms with E-state index >= 15 is 0 Å². The van der Waals surface area contributed by atoms with E-state index in [4.69, 9.17) is 17.2 Å². The Morgan fingerprint density at radius 1 is 0.810 bits per heavy atom. The van der Waals surface area contributed by atoms with Gasteiger partial charge in [-0.05, 0) is 43.0 Å². The van der Waals surface area contributed by atoms with Gasteiger partial charge in [-0.25, -0.2) is 4.79 Å². The molecule has 3 amide bonds. The molecule has 0 aromatic heterocycles. The highest BCUT2D eigenvalue weighted by Gasteiger charge is 2.31. The fourth-order valence-corrected chi connectivity index (χ4v) is 3.93. The zero-order chi connectivity index (χ0) is 31.2. The highest BCUT2D eigenvalue weighted by Crippen LogP contribution is 2.12. The fraction of sp³-hybridized carbons (Fsp3) is 0.393. The van der Waals surface area contributed by atoms with Crippen LogP contribution in [0.3, 0.4) is 0 Å². The number of nitrogens with zero attached hydrogens (tertiary/aromatic N) is 1. The van der Waals surface area contributed by atoms with E-state index in [1.54, 1.807) is 30.3 Å². The van der Waals surface area contributed by atoms with Gasteiger partial charge in [0.2, 0.25) is 17.7 Å². The summed E-state index contributed by atoms with van der Waals surface area (Å²) in [4.78, 5) is 55.2. The molecular weight excluding hydrogens is 546 g/mol. The van der Waals surface area contributed by atoms with Gasteiger partial charge >= 0.3 is 5.97 Å². The molecule has 228 valence electrons. The molecule has 14 heteroatoms. The topological polar surface area (TPSA) is 255 Å². The SMILES string of the molecule is CC(O)C(N)C(=O)NC(CCCN=C(N)N)C(=O)NC(Cc1ccccc1)C(=O)NC(Cc1ccc(O)cc1)C(=O)O. The maximum absolute atomic E-state index is 13.4. The first-order valence-electron chi connectivity index (χ1n) is 13.3. The first-order chi connectivity index (χ1) is 19.9. The smallest absolute Gasteiger partial charge is 0.326 e. The second-order valence-electron chi connectivity index (χ2n) is 9.80. The molecule has 0 bridgehead atoms. The summed E-state index contributed by atoms with van der Waals surface area (Å²) in [6, 6.07) is 9.61. The Hall–Kier alpha value is -4.69. The van der Waals surface area contributed by atoms with Gasteiger partial charge < -0.3 is 48.5 Å². The standard InChI is InChI=1S/C28H39N7O7/c1-16(36)23(29)26(40)33-20(8-5-13-32-28(30)31)24(38)34-21(14-17-6-3-2-4-7-17)25(39)35-22(27(41)42)15-18-9-11-19(37)12-10-18/h2-4,6-7,9-12,16,20-23,36-37H,5,8,13-15,29H2,1H3,(H,33,40)(H,34,38)(H,35,39)(H,41,42)(H4,30,31,32). The van der Waals surface area contributed by atoms with Crippen LogP contribution in [-0.4, -0.2) is 81.8 Å². The van der Waals surface area contributed by atoms with Gasteiger partial charge in [0.15, 0.2) is 5.96 Å². The number of nitrogens with two attached hydrogens (primary N) is 3. The van der Waals surface area contributed by atoms with Crippen molar-refractivity contribution in [3.05, 3.63) is 65.7 Å². The minimum absolute atomic E-state index is 0.00893. The van der Waals surface area contributed by atoms with Gasteiger partial charge in [-0.3, -0.25) is 19.4 Å². The fourth-order valence-electron chi connectivity index (χ4n) is 3.93. The van der Waals surface area contributed by atoms with E-state index in [1.807, 2.05) is 0 Å². The minimum atomic E-state index is -1.34. The number of benzene rings is 2. The predicted octanol–water partition coefficient (Wildman–Crippen LogP) is -1.52. The number of nitrogens with one attached hydrogen (secondary N) is 3. The number of aliphatic imine (C=N–C) groups is 1. The number of aromatic hydroxyl groups is 1. The first kappa shape index (κ1) is 33.5. The predicted molar refractivity (Wildman–Crippen MR) is 155 cm³/mol. The molecular formula is C28H39N7O7. The van der Waals surface area contributed by atoms with Crippen molar-refractivity contribution in [1.82, 2.24) is 16.0 Å². The molecule has 0 aliphatic heterocycles. The number of phenols is 1. The lowest BCUT2D eigenvalue weighted by Gasteiger charge is -2.26. The van der Waals surface area contributed by atoms with E-state index < -0.39 is 54.0 Å². The van der Waals surface area contributed by atoms with Gasteiger partial charge in [0, 0.05) is 19.4 Å². The number of phenolic OH excluding ortho intramolecular Hbond substituents is 1. The molecule has 0 heterocycles. The molecule has 0 radical (unpaired) electrons. The third-order valence-corrected chi connectivity index (χ3v) is 6.31. The molecule has 2 aromatic rings. The molecule has 2 aromatic carbocycles. The number of aliphatic carboxylic acids is 1. The Morgan fingerprint density at radius 2 is 1.33 bits per heavy atom. The number of aliphatic hydroxyl groups is 1. The zero-order valence-electron chi connectivity index (χ0n) is 23.3. The highest BCUT2D eigenvalue weighted by molar-refractivity contribution is 5.94. The largest absolute Gasteiger partial charge is 0.508 e. The van der Waals surface area contributed by atoms with Crippen LogP contribution in [0.2, 0.25) is 0 Å². The van der Waals surface area contributed by atoms with Crippen LogP contribution in [0.1, 0.15) is 30.9 Å². The van der Waals surface area contributed by atoms with E-state index in [0.717, 1.165) is 0 Å². The Bertz CT molecular complexity index is 1220.